The highest BCUT2D eigenvalue weighted by molar-refractivity contribution is 6.04. The highest BCUT2D eigenvalue weighted by Gasteiger charge is 2.18. The van der Waals surface area contributed by atoms with Crippen molar-refractivity contribution in [3.05, 3.63) is 82.7 Å². The van der Waals surface area contributed by atoms with Crippen LogP contribution in [0.25, 0.3) is 0 Å². The van der Waals surface area contributed by atoms with Gasteiger partial charge in [-0.3, -0.25) is 9.59 Å². The van der Waals surface area contributed by atoms with E-state index in [1.807, 2.05) is 32.0 Å². The minimum atomic E-state index is -0.180. The number of benzene rings is 2. The zero-order valence-corrected chi connectivity index (χ0v) is 17.9. The van der Waals surface area contributed by atoms with Crippen molar-refractivity contribution in [3.8, 4) is 0 Å². The average Bonchev–Trinajstić information content (AvgIpc) is 3.05. The van der Waals surface area contributed by atoms with Crippen LogP contribution in [0.15, 0.2) is 54.6 Å². The monoisotopic (exact) mass is 403 g/mol. The van der Waals surface area contributed by atoms with Crippen LogP contribution >= 0.6 is 0 Å². The number of hydrogen-bond donors (Lipinski definition) is 1. The number of unbranched alkanes of at least 4 members (excludes halogenated alkanes) is 3. The van der Waals surface area contributed by atoms with Gasteiger partial charge in [0.25, 0.3) is 11.8 Å². The third-order valence-electron chi connectivity index (χ3n) is 5.34. The number of carbonyl (C=O) groups excluding carboxylic acids is 2. The first-order valence-electron chi connectivity index (χ1n) is 10.6. The molecule has 1 aromatic heterocycles. The van der Waals surface area contributed by atoms with Gasteiger partial charge in [0.05, 0.1) is 5.69 Å². The lowest BCUT2D eigenvalue weighted by Gasteiger charge is -2.08. The Balaban J connectivity index is 1.69. The van der Waals surface area contributed by atoms with Crippen LogP contribution in [0, 0.1) is 13.8 Å². The van der Waals surface area contributed by atoms with Gasteiger partial charge in [0, 0.05) is 22.5 Å². The molecule has 0 fully saturated rings. The number of aryl methyl sites for hydroxylation is 1. The first-order chi connectivity index (χ1) is 14.5. The van der Waals surface area contributed by atoms with Gasteiger partial charge in [-0.15, -0.1) is 0 Å². The summed E-state index contributed by atoms with van der Waals surface area (Å²) in [6.45, 7) is 6.13. The molecule has 3 rings (SSSR count). The molecule has 1 amide bonds. The maximum Gasteiger partial charge on any atom is 0.278 e. The molecule has 0 bridgehead atoms. The van der Waals surface area contributed by atoms with E-state index in [1.54, 1.807) is 36.4 Å². The molecular formula is C25H29N3O2. The number of nitrogens with one attached hydrogen (secondary N) is 1. The van der Waals surface area contributed by atoms with Crippen molar-refractivity contribution in [2.45, 2.75) is 52.9 Å². The number of nitrogens with zero attached hydrogens (tertiary/aromatic N) is 2. The third kappa shape index (κ3) is 5.03. The van der Waals surface area contributed by atoms with E-state index in [1.165, 1.54) is 29.5 Å². The highest BCUT2D eigenvalue weighted by atomic mass is 16.2. The molecule has 0 spiro atoms. The molecule has 3 aromatic rings. The largest absolute Gasteiger partial charge is 0.322 e. The number of amides is 1. The summed E-state index contributed by atoms with van der Waals surface area (Å²) in [5.74, 6) is -0.336. The van der Waals surface area contributed by atoms with Gasteiger partial charge < -0.3 is 5.32 Å². The van der Waals surface area contributed by atoms with Crippen molar-refractivity contribution in [3.63, 3.8) is 0 Å². The van der Waals surface area contributed by atoms with Crippen LogP contribution in [-0.2, 0) is 6.42 Å². The fraction of sp³-hybridized carbons (Fsp3) is 0.320. The number of aromatic nitrogens is 2. The van der Waals surface area contributed by atoms with E-state index in [0.717, 1.165) is 24.2 Å². The van der Waals surface area contributed by atoms with Crippen molar-refractivity contribution in [1.82, 2.24) is 9.78 Å². The quantitative estimate of drug-likeness (QED) is 0.501. The SMILES string of the molecule is CCCCCCc1c(C)nn(C(=O)c2ccc(NC(=O)c3ccccc3)cc2)c1C. The lowest BCUT2D eigenvalue weighted by atomic mass is 10.0. The summed E-state index contributed by atoms with van der Waals surface area (Å²) in [6, 6.07) is 16.0. The summed E-state index contributed by atoms with van der Waals surface area (Å²) >= 11 is 0. The van der Waals surface area contributed by atoms with Gasteiger partial charge in [-0.2, -0.15) is 5.10 Å². The van der Waals surface area contributed by atoms with Gasteiger partial charge in [0.1, 0.15) is 0 Å². The number of hydrogen-bond acceptors (Lipinski definition) is 3. The van der Waals surface area contributed by atoms with Gasteiger partial charge in [0.2, 0.25) is 0 Å². The standard InChI is InChI=1S/C25H29N3O2/c1-4-5-6-10-13-23-18(2)27-28(19(23)3)25(30)21-14-16-22(17-15-21)26-24(29)20-11-8-7-9-12-20/h7-9,11-12,14-17H,4-6,10,13H2,1-3H3,(H,26,29). The van der Waals surface area contributed by atoms with E-state index in [0.29, 0.717) is 16.8 Å². The van der Waals surface area contributed by atoms with E-state index in [2.05, 4.69) is 17.3 Å². The van der Waals surface area contributed by atoms with Crippen LogP contribution in [0.4, 0.5) is 5.69 Å². The molecule has 1 N–H and O–H groups in total. The molecule has 0 saturated carbocycles. The van der Waals surface area contributed by atoms with Crippen LogP contribution in [0.2, 0.25) is 0 Å². The third-order valence-corrected chi connectivity index (χ3v) is 5.34. The molecule has 0 unspecified atom stereocenters. The smallest absolute Gasteiger partial charge is 0.278 e. The van der Waals surface area contributed by atoms with Gasteiger partial charge in [-0.1, -0.05) is 44.4 Å². The molecule has 0 saturated heterocycles. The zero-order valence-electron chi connectivity index (χ0n) is 17.9. The molecule has 0 atom stereocenters. The van der Waals surface area contributed by atoms with E-state index < -0.39 is 0 Å². The maximum atomic E-state index is 13.0. The molecule has 2 aromatic carbocycles. The van der Waals surface area contributed by atoms with Crippen molar-refractivity contribution in [2.75, 3.05) is 5.32 Å². The molecule has 156 valence electrons. The number of rotatable bonds is 8. The maximum absolute atomic E-state index is 13.0. The highest BCUT2D eigenvalue weighted by Crippen LogP contribution is 2.19. The topological polar surface area (TPSA) is 64.0 Å². The zero-order chi connectivity index (χ0) is 21.5. The van der Waals surface area contributed by atoms with E-state index >= 15 is 0 Å². The Morgan fingerprint density at radius 2 is 1.60 bits per heavy atom. The fourth-order valence-electron chi connectivity index (χ4n) is 3.57. The van der Waals surface area contributed by atoms with E-state index in [4.69, 9.17) is 0 Å². The van der Waals surface area contributed by atoms with E-state index in [9.17, 15) is 9.59 Å². The van der Waals surface area contributed by atoms with Crippen LogP contribution in [0.1, 0.15) is 70.3 Å². The molecule has 5 heteroatoms. The first-order valence-corrected chi connectivity index (χ1v) is 10.6. The summed E-state index contributed by atoms with van der Waals surface area (Å²) in [5, 5.41) is 7.34. The van der Waals surface area contributed by atoms with Crippen LogP contribution in [-0.4, -0.2) is 21.6 Å². The Labute approximate surface area is 178 Å². The molecule has 0 aliphatic carbocycles. The van der Waals surface area contributed by atoms with Gasteiger partial charge >= 0.3 is 0 Å². The Hall–Kier alpha value is -3.21. The Morgan fingerprint density at radius 3 is 2.27 bits per heavy atom. The minimum Gasteiger partial charge on any atom is -0.322 e. The summed E-state index contributed by atoms with van der Waals surface area (Å²) in [4.78, 5) is 25.3. The number of carbonyl (C=O) groups is 2. The van der Waals surface area contributed by atoms with Gasteiger partial charge in [-0.25, -0.2) is 4.68 Å². The fourth-order valence-corrected chi connectivity index (χ4v) is 3.57. The molecular weight excluding hydrogens is 374 g/mol. The van der Waals surface area contributed by atoms with E-state index in [-0.39, 0.29) is 11.8 Å². The predicted molar refractivity (Wildman–Crippen MR) is 120 cm³/mol. The van der Waals surface area contributed by atoms with Gasteiger partial charge in [0.15, 0.2) is 0 Å². The van der Waals surface area contributed by atoms with Crippen LogP contribution in [0.3, 0.4) is 0 Å². The number of anilines is 1. The van der Waals surface area contributed by atoms with Crippen molar-refractivity contribution < 1.29 is 9.59 Å². The second-order valence-corrected chi connectivity index (χ2v) is 7.57. The minimum absolute atomic E-state index is 0.156. The normalized spacial score (nSPS) is 10.8. The molecule has 0 aliphatic rings. The molecule has 0 radical (unpaired) electrons. The Morgan fingerprint density at radius 1 is 0.900 bits per heavy atom. The summed E-state index contributed by atoms with van der Waals surface area (Å²) in [7, 11) is 0. The summed E-state index contributed by atoms with van der Waals surface area (Å²) < 4.78 is 1.50. The second-order valence-electron chi connectivity index (χ2n) is 7.57. The van der Waals surface area contributed by atoms with Crippen LogP contribution in [0.5, 0.6) is 0 Å². The summed E-state index contributed by atoms with van der Waals surface area (Å²) in [6.07, 6.45) is 5.71. The predicted octanol–water partition coefficient (Wildman–Crippen LogP) is 5.56. The Kier molecular flexibility index (Phi) is 7.17. The van der Waals surface area contributed by atoms with Crippen LogP contribution < -0.4 is 5.32 Å². The average molecular weight is 404 g/mol. The van der Waals surface area contributed by atoms with Crippen molar-refractivity contribution >= 4 is 17.5 Å². The molecule has 30 heavy (non-hydrogen) atoms. The lowest BCUT2D eigenvalue weighted by molar-refractivity contribution is 0.0941. The molecule has 0 aliphatic heterocycles. The van der Waals surface area contributed by atoms with Crippen molar-refractivity contribution in [2.24, 2.45) is 0 Å². The Bertz CT molecular complexity index is 1000. The first kappa shape index (κ1) is 21.5. The molecule has 1 heterocycles. The summed E-state index contributed by atoms with van der Waals surface area (Å²) in [5.41, 5.74) is 4.78. The lowest BCUT2D eigenvalue weighted by Crippen LogP contribution is -2.16. The molecule has 5 nitrogen and oxygen atoms in total. The second kappa shape index (κ2) is 10.0. The van der Waals surface area contributed by atoms with Gasteiger partial charge in [-0.05, 0) is 68.7 Å². The van der Waals surface area contributed by atoms with Crippen molar-refractivity contribution in [1.29, 1.82) is 0 Å².